The number of amides is 2. The lowest BCUT2D eigenvalue weighted by Crippen LogP contribution is -2.52. The fourth-order valence-corrected chi connectivity index (χ4v) is 4.42. The molecule has 3 aromatic carbocycles. The molecule has 4 rings (SSSR count). The van der Waals surface area contributed by atoms with Gasteiger partial charge in [-0.25, -0.2) is 8.42 Å². The summed E-state index contributed by atoms with van der Waals surface area (Å²) in [5, 5.41) is 2.66. The summed E-state index contributed by atoms with van der Waals surface area (Å²) < 4.78 is 62.8. The molecule has 0 bridgehead atoms. The van der Waals surface area contributed by atoms with Crippen molar-refractivity contribution in [3.63, 3.8) is 0 Å². The second-order valence-corrected chi connectivity index (χ2v) is 9.91. The minimum Gasteiger partial charge on any atom is -0.322 e. The Morgan fingerprint density at radius 2 is 1.65 bits per heavy atom. The van der Waals surface area contributed by atoms with Crippen LogP contribution in [-0.2, 0) is 27.2 Å². The van der Waals surface area contributed by atoms with Crippen molar-refractivity contribution in [2.24, 2.45) is 0 Å². The average molecular weight is 488 g/mol. The highest BCUT2D eigenvalue weighted by Crippen LogP contribution is 2.36. The van der Waals surface area contributed by atoms with Crippen molar-refractivity contribution in [1.82, 2.24) is 0 Å². The first kappa shape index (κ1) is 23.5. The van der Waals surface area contributed by atoms with E-state index in [-0.39, 0.29) is 28.3 Å². The molecule has 0 spiro atoms. The van der Waals surface area contributed by atoms with Gasteiger partial charge in [0, 0.05) is 18.2 Å². The second kappa shape index (κ2) is 8.60. The highest BCUT2D eigenvalue weighted by atomic mass is 32.2. The standard InChI is InChI=1S/C24H19F3N2O4S/c1-34(32,33)18-11-12-20-19(14-18)28-22(30)21(13-15-5-3-2-4-6-15)29(20)23(31)16-7-9-17(10-8-16)24(25,26)27/h2-12,14,21H,13H2,1H3,(H,28,30). The Labute approximate surface area is 193 Å². The van der Waals surface area contributed by atoms with Crippen LogP contribution >= 0.6 is 0 Å². The highest BCUT2D eigenvalue weighted by molar-refractivity contribution is 7.90. The predicted molar refractivity (Wildman–Crippen MR) is 120 cm³/mol. The number of halogens is 3. The maximum absolute atomic E-state index is 13.5. The summed E-state index contributed by atoms with van der Waals surface area (Å²) in [5.41, 5.74) is 0.192. The summed E-state index contributed by atoms with van der Waals surface area (Å²) in [5.74, 6) is -1.22. The molecule has 0 saturated carbocycles. The van der Waals surface area contributed by atoms with E-state index in [1.807, 2.05) is 0 Å². The molecule has 10 heteroatoms. The van der Waals surface area contributed by atoms with Crippen LogP contribution < -0.4 is 10.2 Å². The van der Waals surface area contributed by atoms with Crippen LogP contribution in [0.4, 0.5) is 24.5 Å². The number of hydrogen-bond acceptors (Lipinski definition) is 4. The average Bonchev–Trinajstić information content (AvgIpc) is 2.78. The van der Waals surface area contributed by atoms with Crippen LogP contribution in [0.1, 0.15) is 21.5 Å². The molecular formula is C24H19F3N2O4S. The summed E-state index contributed by atoms with van der Waals surface area (Å²) in [6.45, 7) is 0. The maximum Gasteiger partial charge on any atom is 0.416 e. The molecule has 0 saturated heterocycles. The number of fused-ring (bicyclic) bond motifs is 1. The molecule has 1 aliphatic rings. The Bertz CT molecular complexity index is 1360. The molecular weight excluding hydrogens is 469 g/mol. The van der Waals surface area contributed by atoms with Crippen LogP contribution in [0.3, 0.4) is 0 Å². The molecule has 2 amide bonds. The van der Waals surface area contributed by atoms with Crippen molar-refractivity contribution in [2.45, 2.75) is 23.5 Å². The van der Waals surface area contributed by atoms with Gasteiger partial charge in [-0.05, 0) is 48.0 Å². The van der Waals surface area contributed by atoms with E-state index in [0.29, 0.717) is 0 Å². The van der Waals surface area contributed by atoms with E-state index in [0.717, 1.165) is 36.1 Å². The van der Waals surface area contributed by atoms with E-state index in [9.17, 15) is 31.2 Å². The zero-order chi connectivity index (χ0) is 24.7. The number of hydrogen-bond donors (Lipinski definition) is 1. The molecule has 34 heavy (non-hydrogen) atoms. The van der Waals surface area contributed by atoms with Crippen LogP contribution in [0.25, 0.3) is 0 Å². The first-order valence-electron chi connectivity index (χ1n) is 10.1. The molecule has 6 nitrogen and oxygen atoms in total. The molecule has 1 aliphatic heterocycles. The van der Waals surface area contributed by atoms with Crippen molar-refractivity contribution in [3.8, 4) is 0 Å². The summed E-state index contributed by atoms with van der Waals surface area (Å²) in [6.07, 6.45) is -3.40. The predicted octanol–water partition coefficient (Wildman–Crippen LogP) is 4.32. The van der Waals surface area contributed by atoms with E-state index in [1.54, 1.807) is 30.3 Å². The topological polar surface area (TPSA) is 83.6 Å². The third-order valence-electron chi connectivity index (χ3n) is 5.48. The van der Waals surface area contributed by atoms with Gasteiger partial charge in [0.1, 0.15) is 6.04 Å². The van der Waals surface area contributed by atoms with Gasteiger partial charge in [-0.3, -0.25) is 14.5 Å². The number of nitrogens with zero attached hydrogens (tertiary/aromatic N) is 1. The fourth-order valence-electron chi connectivity index (χ4n) is 3.77. The number of sulfone groups is 1. The first-order valence-corrected chi connectivity index (χ1v) is 12.0. The number of anilines is 2. The van der Waals surface area contributed by atoms with Crippen molar-refractivity contribution in [1.29, 1.82) is 0 Å². The molecule has 1 heterocycles. The maximum atomic E-state index is 13.5. The van der Waals surface area contributed by atoms with Crippen LogP contribution in [0.15, 0.2) is 77.7 Å². The van der Waals surface area contributed by atoms with E-state index < -0.39 is 39.4 Å². The van der Waals surface area contributed by atoms with Gasteiger partial charge in [0.05, 0.1) is 21.8 Å². The number of alkyl halides is 3. The quantitative estimate of drug-likeness (QED) is 0.593. The van der Waals surface area contributed by atoms with Crippen LogP contribution in [-0.4, -0.2) is 32.5 Å². The number of rotatable bonds is 4. The normalized spacial score (nSPS) is 16.1. The SMILES string of the molecule is CS(=O)(=O)c1ccc2c(c1)NC(=O)C(Cc1ccccc1)N2C(=O)c1ccc(C(F)(F)F)cc1. The monoisotopic (exact) mass is 488 g/mol. The van der Waals surface area contributed by atoms with E-state index in [4.69, 9.17) is 0 Å². The van der Waals surface area contributed by atoms with Gasteiger partial charge in [-0.2, -0.15) is 13.2 Å². The number of benzene rings is 3. The second-order valence-electron chi connectivity index (χ2n) is 7.90. The minimum atomic E-state index is -4.56. The molecule has 1 N–H and O–H groups in total. The zero-order valence-electron chi connectivity index (χ0n) is 17.8. The number of carbonyl (C=O) groups excluding carboxylic acids is 2. The molecule has 0 aliphatic carbocycles. The van der Waals surface area contributed by atoms with E-state index in [1.165, 1.54) is 23.1 Å². The van der Waals surface area contributed by atoms with E-state index >= 15 is 0 Å². The summed E-state index contributed by atoms with van der Waals surface area (Å²) >= 11 is 0. The smallest absolute Gasteiger partial charge is 0.322 e. The van der Waals surface area contributed by atoms with Crippen LogP contribution in [0, 0.1) is 0 Å². The molecule has 0 fully saturated rings. The van der Waals surface area contributed by atoms with Crippen molar-refractivity contribution in [2.75, 3.05) is 16.5 Å². The lowest BCUT2D eigenvalue weighted by atomic mass is 9.98. The largest absolute Gasteiger partial charge is 0.416 e. The molecule has 0 aromatic heterocycles. The van der Waals surface area contributed by atoms with Gasteiger partial charge in [-0.1, -0.05) is 30.3 Å². The highest BCUT2D eigenvalue weighted by Gasteiger charge is 2.38. The lowest BCUT2D eigenvalue weighted by molar-refractivity contribution is -0.137. The Hall–Kier alpha value is -3.66. The minimum absolute atomic E-state index is 0.0427. The number of nitrogens with one attached hydrogen (secondary N) is 1. The van der Waals surface area contributed by atoms with Gasteiger partial charge in [-0.15, -0.1) is 0 Å². The van der Waals surface area contributed by atoms with Crippen molar-refractivity contribution >= 4 is 33.0 Å². The van der Waals surface area contributed by atoms with Gasteiger partial charge >= 0.3 is 6.18 Å². The Balaban J connectivity index is 1.80. The molecule has 176 valence electrons. The third kappa shape index (κ3) is 4.67. The van der Waals surface area contributed by atoms with Crippen LogP contribution in [0.2, 0.25) is 0 Å². The Morgan fingerprint density at radius 3 is 2.24 bits per heavy atom. The third-order valence-corrected chi connectivity index (χ3v) is 6.59. The lowest BCUT2D eigenvalue weighted by Gasteiger charge is -2.37. The number of carbonyl (C=O) groups is 2. The fraction of sp³-hybridized carbons (Fsp3) is 0.167. The van der Waals surface area contributed by atoms with Crippen molar-refractivity contribution < 1.29 is 31.2 Å². The van der Waals surface area contributed by atoms with Gasteiger partial charge in [0.2, 0.25) is 5.91 Å². The van der Waals surface area contributed by atoms with Gasteiger partial charge in [0.25, 0.3) is 5.91 Å². The molecule has 0 radical (unpaired) electrons. The summed E-state index contributed by atoms with van der Waals surface area (Å²) in [4.78, 5) is 27.7. The molecule has 3 aromatic rings. The molecule has 1 atom stereocenters. The van der Waals surface area contributed by atoms with Gasteiger partial charge < -0.3 is 5.32 Å². The first-order chi connectivity index (χ1) is 15.9. The summed E-state index contributed by atoms with van der Waals surface area (Å²) in [7, 11) is -3.59. The Kier molecular flexibility index (Phi) is 5.94. The Morgan fingerprint density at radius 1 is 1.00 bits per heavy atom. The van der Waals surface area contributed by atoms with Crippen molar-refractivity contribution in [3.05, 3.63) is 89.5 Å². The summed E-state index contributed by atoms with van der Waals surface area (Å²) in [6, 6.07) is 15.6. The van der Waals surface area contributed by atoms with E-state index in [2.05, 4.69) is 5.32 Å². The zero-order valence-corrected chi connectivity index (χ0v) is 18.7. The molecule has 1 unspecified atom stereocenters. The van der Waals surface area contributed by atoms with Gasteiger partial charge in [0.15, 0.2) is 9.84 Å². The van der Waals surface area contributed by atoms with Crippen LogP contribution in [0.5, 0.6) is 0 Å².